The number of amides is 2. The minimum absolute atomic E-state index is 0.124. The van der Waals surface area contributed by atoms with Crippen LogP contribution in [-0.4, -0.2) is 51.1 Å². The lowest BCUT2D eigenvalue weighted by Crippen LogP contribution is -2.30. The molecular formula is C27H28FN5O3. The Hall–Kier alpha value is -3.75. The van der Waals surface area contributed by atoms with Crippen LogP contribution in [-0.2, 0) is 16.0 Å². The lowest BCUT2D eigenvalue weighted by Gasteiger charge is -2.16. The summed E-state index contributed by atoms with van der Waals surface area (Å²) in [5.74, 6) is 0.687. The van der Waals surface area contributed by atoms with Crippen molar-refractivity contribution in [1.29, 1.82) is 0 Å². The summed E-state index contributed by atoms with van der Waals surface area (Å²) in [6.45, 7) is 2.10. The summed E-state index contributed by atoms with van der Waals surface area (Å²) in [7, 11) is 0. The largest absolute Gasteiger partial charge is 0.348 e. The number of aromatic nitrogens is 3. The molecule has 2 aliphatic heterocycles. The number of H-pyrrole nitrogens is 1. The van der Waals surface area contributed by atoms with Crippen molar-refractivity contribution in [2.24, 2.45) is 11.8 Å². The van der Waals surface area contributed by atoms with Crippen LogP contribution < -0.4 is 10.6 Å². The zero-order valence-electron chi connectivity index (χ0n) is 20.0. The molecule has 1 saturated carbocycles. The molecule has 3 aliphatic rings. The summed E-state index contributed by atoms with van der Waals surface area (Å²) in [4.78, 5) is 40.6. The number of halogens is 1. The van der Waals surface area contributed by atoms with E-state index in [2.05, 4.69) is 10.2 Å². The molecule has 0 radical (unpaired) electrons. The smallest absolute Gasteiger partial charge is 0.342 e. The van der Waals surface area contributed by atoms with Gasteiger partial charge in [0.2, 0.25) is 11.8 Å². The molecule has 8 nitrogen and oxygen atoms in total. The summed E-state index contributed by atoms with van der Waals surface area (Å²) >= 11 is 0. The Morgan fingerprint density at radius 3 is 2.50 bits per heavy atom. The van der Waals surface area contributed by atoms with E-state index in [1.165, 1.54) is 10.6 Å². The first-order valence-corrected chi connectivity index (χ1v) is 12.6. The highest BCUT2D eigenvalue weighted by Crippen LogP contribution is 2.33. The maximum Gasteiger partial charge on any atom is 0.348 e. The molecule has 2 amide bonds. The highest BCUT2D eigenvalue weighted by molar-refractivity contribution is 5.95. The Kier molecular flexibility index (Phi) is 5.70. The molecule has 0 bridgehead atoms. The second kappa shape index (κ2) is 9.04. The Balaban J connectivity index is 1.20. The van der Waals surface area contributed by atoms with E-state index >= 15 is 4.39 Å². The standard InChI is InChI=1S/C27H28FN5O3/c28-22-15-20(18-5-8-21(9-6-18)32-12-1-2-25(32)34)7-10-23(22)33-24(29-30-27(33)36)14-17-11-13-31(16-17)26(35)19-3-4-19/h5-10,15,17,19H,1-4,11-14,16H2,(H,30,36). The van der Waals surface area contributed by atoms with Gasteiger partial charge in [-0.3, -0.25) is 9.59 Å². The van der Waals surface area contributed by atoms with Crippen molar-refractivity contribution >= 4 is 17.5 Å². The van der Waals surface area contributed by atoms with E-state index in [1.807, 2.05) is 29.2 Å². The van der Waals surface area contributed by atoms with Gasteiger partial charge in [0.25, 0.3) is 0 Å². The fourth-order valence-electron chi connectivity index (χ4n) is 5.38. The summed E-state index contributed by atoms with van der Waals surface area (Å²) in [6.07, 6.45) is 4.74. The zero-order chi connectivity index (χ0) is 24.8. The van der Waals surface area contributed by atoms with E-state index in [0.29, 0.717) is 30.8 Å². The molecule has 9 heteroatoms. The third kappa shape index (κ3) is 4.23. The number of anilines is 1. The number of carbonyl (C=O) groups excluding carboxylic acids is 2. The lowest BCUT2D eigenvalue weighted by atomic mass is 10.0. The van der Waals surface area contributed by atoms with Crippen LogP contribution in [0.15, 0.2) is 47.3 Å². The number of hydrogen-bond acceptors (Lipinski definition) is 4. The van der Waals surface area contributed by atoms with Crippen LogP contribution in [0, 0.1) is 17.7 Å². The zero-order valence-corrected chi connectivity index (χ0v) is 20.0. The fourth-order valence-corrected chi connectivity index (χ4v) is 5.38. The summed E-state index contributed by atoms with van der Waals surface area (Å²) in [6, 6.07) is 12.3. The lowest BCUT2D eigenvalue weighted by molar-refractivity contribution is -0.131. The van der Waals surface area contributed by atoms with Crippen LogP contribution in [0.1, 0.15) is 37.9 Å². The SMILES string of the molecule is O=C(C1CC1)N1CCC(Cc2n[nH]c(=O)n2-c2ccc(-c3ccc(N4CCCC4=O)cc3)cc2F)C1. The monoisotopic (exact) mass is 489 g/mol. The van der Waals surface area contributed by atoms with Gasteiger partial charge in [0, 0.05) is 44.1 Å². The summed E-state index contributed by atoms with van der Waals surface area (Å²) < 4.78 is 16.6. The van der Waals surface area contributed by atoms with E-state index in [4.69, 9.17) is 0 Å². The van der Waals surface area contributed by atoms with Gasteiger partial charge in [-0.1, -0.05) is 18.2 Å². The number of likely N-dealkylation sites (tertiary alicyclic amines) is 1. The molecule has 6 rings (SSSR count). The summed E-state index contributed by atoms with van der Waals surface area (Å²) in [5, 5.41) is 6.63. The van der Waals surface area contributed by atoms with Gasteiger partial charge in [-0.25, -0.2) is 18.9 Å². The molecule has 0 spiro atoms. The third-order valence-corrected chi connectivity index (χ3v) is 7.51. The number of hydrogen-bond donors (Lipinski definition) is 1. The first-order valence-electron chi connectivity index (χ1n) is 12.6. The molecule has 2 aromatic carbocycles. The van der Waals surface area contributed by atoms with Crippen molar-refractivity contribution in [3.63, 3.8) is 0 Å². The van der Waals surface area contributed by atoms with Gasteiger partial charge in [-0.05, 0) is 67.0 Å². The third-order valence-electron chi connectivity index (χ3n) is 7.51. The average Bonchev–Trinajstić information content (AvgIpc) is 3.31. The minimum atomic E-state index is -0.520. The Bertz CT molecular complexity index is 1370. The van der Waals surface area contributed by atoms with E-state index in [-0.39, 0.29) is 29.3 Å². The van der Waals surface area contributed by atoms with Crippen LogP contribution in [0.2, 0.25) is 0 Å². The minimum Gasteiger partial charge on any atom is -0.342 e. The van der Waals surface area contributed by atoms with E-state index in [0.717, 1.165) is 50.0 Å². The van der Waals surface area contributed by atoms with Crippen LogP contribution in [0.3, 0.4) is 0 Å². The Morgan fingerprint density at radius 2 is 1.81 bits per heavy atom. The van der Waals surface area contributed by atoms with Crippen LogP contribution >= 0.6 is 0 Å². The number of carbonyl (C=O) groups is 2. The number of rotatable bonds is 6. The molecule has 2 saturated heterocycles. The molecule has 1 unspecified atom stereocenters. The molecule has 1 atom stereocenters. The van der Waals surface area contributed by atoms with Crippen molar-refractivity contribution in [2.45, 2.75) is 38.5 Å². The van der Waals surface area contributed by atoms with E-state index in [1.54, 1.807) is 17.0 Å². The molecule has 1 aliphatic carbocycles. The molecule has 1 N–H and O–H groups in total. The van der Waals surface area contributed by atoms with Gasteiger partial charge in [0.15, 0.2) is 0 Å². The highest BCUT2D eigenvalue weighted by Gasteiger charge is 2.37. The Morgan fingerprint density at radius 1 is 1.03 bits per heavy atom. The molecule has 1 aromatic heterocycles. The average molecular weight is 490 g/mol. The molecule has 186 valence electrons. The van der Waals surface area contributed by atoms with Crippen molar-refractivity contribution in [3.05, 3.63) is 64.6 Å². The molecule has 3 fully saturated rings. The topological polar surface area (TPSA) is 91.3 Å². The van der Waals surface area contributed by atoms with Crippen molar-refractivity contribution < 1.29 is 14.0 Å². The summed E-state index contributed by atoms with van der Waals surface area (Å²) in [5.41, 5.74) is 2.01. The second-order valence-corrected chi connectivity index (χ2v) is 10.1. The number of aromatic amines is 1. The quantitative estimate of drug-likeness (QED) is 0.575. The van der Waals surface area contributed by atoms with E-state index in [9.17, 15) is 14.4 Å². The number of benzene rings is 2. The second-order valence-electron chi connectivity index (χ2n) is 10.1. The van der Waals surface area contributed by atoms with Crippen molar-refractivity contribution in [2.75, 3.05) is 24.5 Å². The van der Waals surface area contributed by atoms with E-state index < -0.39 is 11.5 Å². The fraction of sp³-hybridized carbons (Fsp3) is 0.407. The predicted molar refractivity (Wildman–Crippen MR) is 132 cm³/mol. The van der Waals surface area contributed by atoms with Gasteiger partial charge >= 0.3 is 5.69 Å². The Labute approximate surface area is 207 Å². The molecule has 3 aromatic rings. The van der Waals surface area contributed by atoms with Gasteiger partial charge in [0.1, 0.15) is 11.6 Å². The maximum atomic E-state index is 15.3. The molecular weight excluding hydrogens is 461 g/mol. The number of nitrogens with zero attached hydrogens (tertiary/aromatic N) is 4. The first kappa shape index (κ1) is 22.7. The van der Waals surface area contributed by atoms with Gasteiger partial charge in [-0.2, -0.15) is 5.10 Å². The predicted octanol–water partition coefficient (Wildman–Crippen LogP) is 3.29. The van der Waals surface area contributed by atoms with Gasteiger partial charge in [-0.15, -0.1) is 0 Å². The normalized spacial score (nSPS) is 19.9. The first-order chi connectivity index (χ1) is 17.5. The van der Waals surface area contributed by atoms with Gasteiger partial charge < -0.3 is 9.80 Å². The highest BCUT2D eigenvalue weighted by atomic mass is 19.1. The number of nitrogens with one attached hydrogen (secondary N) is 1. The van der Waals surface area contributed by atoms with Crippen molar-refractivity contribution in [3.8, 4) is 16.8 Å². The van der Waals surface area contributed by atoms with Crippen LogP contribution in [0.25, 0.3) is 16.8 Å². The maximum absolute atomic E-state index is 15.3. The van der Waals surface area contributed by atoms with Crippen LogP contribution in [0.5, 0.6) is 0 Å². The van der Waals surface area contributed by atoms with Crippen molar-refractivity contribution in [1.82, 2.24) is 19.7 Å². The van der Waals surface area contributed by atoms with Gasteiger partial charge in [0.05, 0.1) is 5.69 Å². The van der Waals surface area contributed by atoms with Crippen LogP contribution in [0.4, 0.5) is 10.1 Å². The molecule has 3 heterocycles. The molecule has 36 heavy (non-hydrogen) atoms.